The Hall–Kier alpha value is 0.160. The molecule has 0 bridgehead atoms. The number of aromatic nitrogens is 1. The van der Waals surface area contributed by atoms with Crippen LogP contribution in [0, 0.1) is 10.5 Å². The molecule has 1 N–H and O–H groups in total. The first-order chi connectivity index (χ1) is 4.61. The van der Waals surface area contributed by atoms with Gasteiger partial charge in [0.1, 0.15) is 0 Å². The van der Waals surface area contributed by atoms with Crippen LogP contribution in [-0.2, 0) is 0 Å². The summed E-state index contributed by atoms with van der Waals surface area (Å²) in [6, 6.07) is 1.80. The molecule has 54 valence electrons. The summed E-state index contributed by atoms with van der Waals surface area (Å²) in [7, 11) is 0. The van der Waals surface area contributed by atoms with Crippen molar-refractivity contribution in [2.24, 2.45) is 0 Å². The van der Waals surface area contributed by atoms with E-state index in [-0.39, 0.29) is 5.56 Å². The lowest BCUT2D eigenvalue weighted by Crippen LogP contribution is -2.08. The summed E-state index contributed by atoms with van der Waals surface area (Å²) in [6.07, 6.45) is 0. The van der Waals surface area contributed by atoms with E-state index in [0.717, 1.165) is 9.26 Å². The first-order valence-electron chi connectivity index (χ1n) is 2.66. The van der Waals surface area contributed by atoms with Crippen molar-refractivity contribution in [3.05, 3.63) is 30.2 Å². The molecule has 0 atom stereocenters. The van der Waals surface area contributed by atoms with Gasteiger partial charge in [-0.1, -0.05) is 0 Å². The molecular weight excluding hydrogens is 309 g/mol. The van der Waals surface area contributed by atoms with Gasteiger partial charge in [0.15, 0.2) is 0 Å². The summed E-state index contributed by atoms with van der Waals surface area (Å²) in [5.41, 5.74) is 0.840. The third-order valence-electron chi connectivity index (χ3n) is 1.13. The van der Waals surface area contributed by atoms with E-state index in [1.54, 1.807) is 6.07 Å². The number of halogens is 2. The van der Waals surface area contributed by atoms with Crippen LogP contribution in [0.25, 0.3) is 0 Å². The number of nitrogens with one attached hydrogen (secondary N) is 1. The minimum atomic E-state index is -0.0714. The summed E-state index contributed by atoms with van der Waals surface area (Å²) in [4.78, 5) is 13.6. The van der Waals surface area contributed by atoms with Gasteiger partial charge in [0, 0.05) is 9.26 Å². The Morgan fingerprint density at radius 2 is 2.30 bits per heavy atom. The fraction of sp³-hybridized carbons (Fsp3) is 0.167. The normalized spacial score (nSPS) is 9.90. The van der Waals surface area contributed by atoms with E-state index in [1.807, 2.05) is 6.92 Å². The highest BCUT2D eigenvalue weighted by Crippen LogP contribution is 2.10. The van der Waals surface area contributed by atoms with Crippen LogP contribution in [0.2, 0.25) is 0 Å². The Bertz CT molecular complexity index is 307. The highest BCUT2D eigenvalue weighted by Gasteiger charge is 1.98. The number of aromatic amines is 1. The van der Waals surface area contributed by atoms with E-state index in [2.05, 4.69) is 43.5 Å². The van der Waals surface area contributed by atoms with E-state index in [9.17, 15) is 4.79 Å². The van der Waals surface area contributed by atoms with Gasteiger partial charge in [-0.05, 0) is 51.5 Å². The van der Waals surface area contributed by atoms with Gasteiger partial charge in [-0.25, -0.2) is 0 Å². The molecular formula is C6H5BrINO. The molecule has 1 heterocycles. The first-order valence-corrected chi connectivity index (χ1v) is 4.53. The fourth-order valence-electron chi connectivity index (χ4n) is 0.575. The standard InChI is InChI=1S/C6H5BrINO/c1-3-5(8)2-4(7)6(10)9-3/h2H,1H3,(H,9,10). The maximum Gasteiger partial charge on any atom is 0.262 e. The zero-order valence-corrected chi connectivity index (χ0v) is 8.99. The van der Waals surface area contributed by atoms with Gasteiger partial charge in [0.2, 0.25) is 0 Å². The molecule has 1 rings (SSSR count). The van der Waals surface area contributed by atoms with Crippen LogP contribution in [0.4, 0.5) is 0 Å². The molecule has 2 nitrogen and oxygen atoms in total. The van der Waals surface area contributed by atoms with Gasteiger partial charge >= 0.3 is 0 Å². The van der Waals surface area contributed by atoms with Gasteiger partial charge in [0.25, 0.3) is 5.56 Å². The average Bonchev–Trinajstić information content (AvgIpc) is 1.84. The lowest BCUT2D eigenvalue weighted by atomic mass is 10.4. The molecule has 0 aromatic carbocycles. The largest absolute Gasteiger partial charge is 0.324 e. The Kier molecular flexibility index (Phi) is 2.51. The van der Waals surface area contributed by atoms with E-state index in [0.29, 0.717) is 4.47 Å². The topological polar surface area (TPSA) is 32.9 Å². The third kappa shape index (κ3) is 1.60. The molecule has 0 amide bonds. The second kappa shape index (κ2) is 3.04. The molecule has 0 radical (unpaired) electrons. The summed E-state index contributed by atoms with van der Waals surface area (Å²) in [6.45, 7) is 1.87. The molecule has 0 aliphatic carbocycles. The minimum absolute atomic E-state index is 0.0714. The Morgan fingerprint density at radius 1 is 1.70 bits per heavy atom. The highest BCUT2D eigenvalue weighted by atomic mass is 127. The van der Waals surface area contributed by atoms with Crippen LogP contribution in [0.1, 0.15) is 5.69 Å². The lowest BCUT2D eigenvalue weighted by Gasteiger charge is -1.96. The monoisotopic (exact) mass is 313 g/mol. The molecule has 4 heteroatoms. The molecule has 0 saturated heterocycles. The van der Waals surface area contributed by atoms with Crippen molar-refractivity contribution in [2.75, 3.05) is 0 Å². The number of hydrogen-bond acceptors (Lipinski definition) is 1. The SMILES string of the molecule is Cc1[nH]c(=O)c(Br)cc1I. The van der Waals surface area contributed by atoms with Crippen LogP contribution in [0.5, 0.6) is 0 Å². The van der Waals surface area contributed by atoms with Gasteiger partial charge in [-0.3, -0.25) is 4.79 Å². The van der Waals surface area contributed by atoms with Gasteiger partial charge in [-0.2, -0.15) is 0 Å². The van der Waals surface area contributed by atoms with Crippen LogP contribution >= 0.6 is 38.5 Å². The van der Waals surface area contributed by atoms with E-state index in [1.165, 1.54) is 0 Å². The molecule has 0 unspecified atom stereocenters. The van der Waals surface area contributed by atoms with Crippen molar-refractivity contribution < 1.29 is 0 Å². The van der Waals surface area contributed by atoms with Crippen LogP contribution in [0.3, 0.4) is 0 Å². The second-order valence-electron chi connectivity index (χ2n) is 1.92. The predicted octanol–water partition coefficient (Wildman–Crippen LogP) is 2.05. The van der Waals surface area contributed by atoms with Crippen molar-refractivity contribution in [1.29, 1.82) is 0 Å². The molecule has 0 spiro atoms. The number of H-pyrrole nitrogens is 1. The maximum absolute atomic E-state index is 10.9. The average molecular weight is 314 g/mol. The van der Waals surface area contributed by atoms with Crippen molar-refractivity contribution >= 4 is 38.5 Å². The number of rotatable bonds is 0. The Balaban J connectivity index is 3.43. The van der Waals surface area contributed by atoms with Crippen molar-refractivity contribution in [3.8, 4) is 0 Å². The molecule has 0 aliphatic heterocycles. The lowest BCUT2D eigenvalue weighted by molar-refractivity contribution is 1.11. The van der Waals surface area contributed by atoms with E-state index < -0.39 is 0 Å². The Labute approximate surface area is 80.3 Å². The quantitative estimate of drug-likeness (QED) is 0.731. The summed E-state index contributed by atoms with van der Waals surface area (Å²) in [5.74, 6) is 0. The smallest absolute Gasteiger partial charge is 0.262 e. The summed E-state index contributed by atoms with van der Waals surface area (Å²) in [5, 5.41) is 0. The van der Waals surface area contributed by atoms with Crippen molar-refractivity contribution in [1.82, 2.24) is 4.98 Å². The van der Waals surface area contributed by atoms with Crippen LogP contribution in [-0.4, -0.2) is 4.98 Å². The Morgan fingerprint density at radius 3 is 2.80 bits per heavy atom. The zero-order chi connectivity index (χ0) is 7.72. The number of aryl methyl sites for hydroxylation is 1. The molecule has 0 saturated carbocycles. The van der Waals surface area contributed by atoms with Gasteiger partial charge in [-0.15, -0.1) is 0 Å². The molecule has 0 fully saturated rings. The second-order valence-corrected chi connectivity index (χ2v) is 3.94. The fourth-order valence-corrected chi connectivity index (χ4v) is 1.78. The zero-order valence-electron chi connectivity index (χ0n) is 5.24. The van der Waals surface area contributed by atoms with Crippen molar-refractivity contribution in [2.45, 2.75) is 6.92 Å². The van der Waals surface area contributed by atoms with E-state index >= 15 is 0 Å². The first kappa shape index (κ1) is 8.26. The molecule has 10 heavy (non-hydrogen) atoms. The van der Waals surface area contributed by atoms with Gasteiger partial charge < -0.3 is 4.98 Å². The molecule has 1 aromatic heterocycles. The minimum Gasteiger partial charge on any atom is -0.324 e. The summed E-state index contributed by atoms with van der Waals surface area (Å²) < 4.78 is 1.64. The van der Waals surface area contributed by atoms with Gasteiger partial charge in [0.05, 0.1) is 4.47 Å². The highest BCUT2D eigenvalue weighted by molar-refractivity contribution is 14.1. The molecule has 0 aliphatic rings. The van der Waals surface area contributed by atoms with Crippen LogP contribution in [0.15, 0.2) is 15.3 Å². The number of hydrogen-bond donors (Lipinski definition) is 1. The number of pyridine rings is 1. The maximum atomic E-state index is 10.9. The predicted molar refractivity (Wildman–Crippen MR) is 52.2 cm³/mol. The van der Waals surface area contributed by atoms with Crippen LogP contribution < -0.4 is 5.56 Å². The van der Waals surface area contributed by atoms with Crippen molar-refractivity contribution in [3.63, 3.8) is 0 Å². The molecule has 1 aromatic rings. The van der Waals surface area contributed by atoms with E-state index in [4.69, 9.17) is 0 Å². The third-order valence-corrected chi connectivity index (χ3v) is 2.84. The summed E-state index contributed by atoms with van der Waals surface area (Å²) >= 11 is 5.30.